The minimum Gasteiger partial charge on any atom is -0.381 e. The number of aryl methyl sites for hydroxylation is 2. The molecule has 37 heavy (non-hydrogen) atoms. The quantitative estimate of drug-likeness (QED) is 0.480. The van der Waals surface area contributed by atoms with E-state index < -0.39 is 23.0 Å². The van der Waals surface area contributed by atoms with Crippen molar-refractivity contribution >= 4 is 5.69 Å². The second-order valence-corrected chi connectivity index (χ2v) is 10.4. The Balaban J connectivity index is 1.37. The Morgan fingerprint density at radius 1 is 1.00 bits per heavy atom. The number of aromatic nitrogens is 2. The maximum Gasteiger partial charge on any atom is 0.149 e. The van der Waals surface area contributed by atoms with Crippen molar-refractivity contribution in [3.8, 4) is 11.3 Å². The molecule has 0 aliphatic carbocycles. The van der Waals surface area contributed by atoms with E-state index >= 15 is 8.78 Å². The topological polar surface area (TPSA) is 64.3 Å². The van der Waals surface area contributed by atoms with E-state index in [0.717, 1.165) is 30.8 Å². The maximum atomic E-state index is 15.1. The Labute approximate surface area is 215 Å². The molecule has 2 aliphatic rings. The van der Waals surface area contributed by atoms with Gasteiger partial charge in [0.1, 0.15) is 23.1 Å². The van der Waals surface area contributed by atoms with Gasteiger partial charge in [0.05, 0.1) is 5.56 Å². The van der Waals surface area contributed by atoms with Gasteiger partial charge in [-0.25, -0.2) is 18.2 Å². The monoisotopic (exact) mass is 510 g/mol. The molecule has 0 unspecified atom stereocenters. The molecule has 2 aromatic heterocycles. The average molecular weight is 511 g/mol. The predicted octanol–water partition coefficient (Wildman–Crippen LogP) is 5.41. The van der Waals surface area contributed by atoms with Crippen LogP contribution in [0, 0.1) is 23.4 Å². The Morgan fingerprint density at radius 3 is 2.49 bits per heavy atom. The lowest BCUT2D eigenvalue weighted by Gasteiger charge is -2.37. The van der Waals surface area contributed by atoms with Crippen LogP contribution in [0.2, 0.25) is 0 Å². The second kappa shape index (κ2) is 11.2. The number of rotatable bonds is 6. The molecule has 5 nitrogen and oxygen atoms in total. The number of hydrogen-bond donors (Lipinski definition) is 1. The van der Waals surface area contributed by atoms with Crippen molar-refractivity contribution < 1.29 is 17.9 Å². The average Bonchev–Trinajstić information content (AvgIpc) is 2.88. The van der Waals surface area contributed by atoms with Gasteiger partial charge < -0.3 is 15.4 Å². The number of ether oxygens (including phenoxy) is 1. The minimum atomic E-state index is -0.796. The summed E-state index contributed by atoms with van der Waals surface area (Å²) in [5.74, 6) is -1.82. The number of piperidine rings is 1. The van der Waals surface area contributed by atoms with Gasteiger partial charge in [-0.15, -0.1) is 0 Å². The molecule has 2 aliphatic heterocycles. The number of anilines is 1. The van der Waals surface area contributed by atoms with E-state index in [1.54, 1.807) is 12.3 Å². The fraction of sp³-hybridized carbons (Fsp3) is 0.448. The molecule has 0 saturated carbocycles. The summed E-state index contributed by atoms with van der Waals surface area (Å²) in [4.78, 5) is 10.9. The molecule has 0 bridgehead atoms. The first kappa shape index (κ1) is 25.7. The molecular weight excluding hydrogens is 477 g/mol. The standard InChI is InChI=1S/C29H33F3N4O/c1-18-12-22(33)17-36(16-18)27-6-9-34-15-20(27)2-3-23-4-5-24(30)29(35-23)28-25(31)13-21(14-26(28)32)19-7-10-37-11-8-19/h4-6,9,13-15,18-19,22H,2-3,7-8,10-12,16-17,33H2,1H3/t18-,22+/m1/s1. The number of nitrogens with zero attached hydrogens (tertiary/aromatic N) is 3. The van der Waals surface area contributed by atoms with E-state index in [4.69, 9.17) is 10.5 Å². The summed E-state index contributed by atoms with van der Waals surface area (Å²) in [6.07, 6.45) is 7.10. The largest absolute Gasteiger partial charge is 0.381 e. The van der Waals surface area contributed by atoms with Crippen LogP contribution in [-0.4, -0.2) is 42.3 Å². The van der Waals surface area contributed by atoms with E-state index in [0.29, 0.717) is 56.1 Å². The van der Waals surface area contributed by atoms with Crippen LogP contribution in [0.25, 0.3) is 11.3 Å². The lowest BCUT2D eigenvalue weighted by Crippen LogP contribution is -2.46. The van der Waals surface area contributed by atoms with Crippen LogP contribution >= 0.6 is 0 Å². The minimum absolute atomic E-state index is 0.0297. The zero-order chi connectivity index (χ0) is 25.9. The van der Waals surface area contributed by atoms with Crippen molar-refractivity contribution in [2.75, 3.05) is 31.2 Å². The van der Waals surface area contributed by atoms with Crippen molar-refractivity contribution in [3.63, 3.8) is 0 Å². The summed E-state index contributed by atoms with van der Waals surface area (Å²) in [5.41, 5.74) is 8.80. The first-order valence-corrected chi connectivity index (χ1v) is 13.0. The molecule has 3 aromatic rings. The summed E-state index contributed by atoms with van der Waals surface area (Å²) < 4.78 is 50.4. The summed E-state index contributed by atoms with van der Waals surface area (Å²) in [6.45, 7) is 5.03. The van der Waals surface area contributed by atoms with E-state index in [2.05, 4.69) is 21.8 Å². The Kier molecular flexibility index (Phi) is 7.76. The van der Waals surface area contributed by atoms with Crippen molar-refractivity contribution in [3.05, 3.63) is 77.0 Å². The van der Waals surface area contributed by atoms with Gasteiger partial charge in [0.2, 0.25) is 0 Å². The molecule has 2 N–H and O–H groups in total. The third kappa shape index (κ3) is 5.80. The van der Waals surface area contributed by atoms with Gasteiger partial charge in [-0.1, -0.05) is 6.92 Å². The Bertz CT molecular complexity index is 1210. The molecular formula is C29H33F3N4O. The van der Waals surface area contributed by atoms with Crippen molar-refractivity contribution in [1.82, 2.24) is 9.97 Å². The SMILES string of the molecule is C[C@@H]1C[C@H](N)CN(c2ccncc2CCc2ccc(F)c(-c3c(F)cc(C4CCOCC4)cc3F)n2)C1. The lowest BCUT2D eigenvalue weighted by atomic mass is 9.90. The first-order valence-electron chi connectivity index (χ1n) is 13.0. The summed E-state index contributed by atoms with van der Waals surface area (Å²) in [7, 11) is 0. The molecule has 5 rings (SSSR count). The highest BCUT2D eigenvalue weighted by molar-refractivity contribution is 5.62. The van der Waals surface area contributed by atoms with Crippen LogP contribution in [0.3, 0.4) is 0 Å². The number of halogens is 3. The molecule has 4 heterocycles. The zero-order valence-corrected chi connectivity index (χ0v) is 21.1. The summed E-state index contributed by atoms with van der Waals surface area (Å²) in [5, 5.41) is 0. The number of hydrogen-bond acceptors (Lipinski definition) is 5. The zero-order valence-electron chi connectivity index (χ0n) is 21.1. The molecule has 0 amide bonds. The van der Waals surface area contributed by atoms with Crippen molar-refractivity contribution in [1.29, 1.82) is 0 Å². The molecule has 0 radical (unpaired) electrons. The normalized spacial score (nSPS) is 20.8. The van der Waals surface area contributed by atoms with E-state index in [1.165, 1.54) is 18.2 Å². The van der Waals surface area contributed by atoms with Gasteiger partial charge in [-0.05, 0) is 85.4 Å². The van der Waals surface area contributed by atoms with Gasteiger partial charge in [0.25, 0.3) is 0 Å². The molecule has 0 spiro atoms. The highest BCUT2D eigenvalue weighted by Gasteiger charge is 2.25. The van der Waals surface area contributed by atoms with Gasteiger partial charge in [-0.2, -0.15) is 0 Å². The van der Waals surface area contributed by atoms with E-state index in [1.807, 2.05) is 12.3 Å². The molecule has 2 atom stereocenters. The molecule has 2 fully saturated rings. The van der Waals surface area contributed by atoms with Crippen LogP contribution in [0.4, 0.5) is 18.9 Å². The van der Waals surface area contributed by atoms with Gasteiger partial charge in [0.15, 0.2) is 0 Å². The van der Waals surface area contributed by atoms with Crippen LogP contribution < -0.4 is 10.6 Å². The van der Waals surface area contributed by atoms with E-state index in [9.17, 15) is 4.39 Å². The van der Waals surface area contributed by atoms with E-state index in [-0.39, 0.29) is 17.7 Å². The van der Waals surface area contributed by atoms with Gasteiger partial charge in [-0.3, -0.25) is 4.98 Å². The highest BCUT2D eigenvalue weighted by Crippen LogP contribution is 2.34. The molecule has 1 aromatic carbocycles. The fourth-order valence-corrected chi connectivity index (χ4v) is 5.66. The van der Waals surface area contributed by atoms with Crippen molar-refractivity contribution in [2.24, 2.45) is 11.7 Å². The fourth-order valence-electron chi connectivity index (χ4n) is 5.66. The van der Waals surface area contributed by atoms with Crippen LogP contribution in [0.15, 0.2) is 42.7 Å². The Morgan fingerprint density at radius 2 is 1.76 bits per heavy atom. The molecule has 196 valence electrons. The first-order chi connectivity index (χ1) is 17.9. The maximum absolute atomic E-state index is 15.1. The molecule has 8 heteroatoms. The highest BCUT2D eigenvalue weighted by atomic mass is 19.1. The predicted molar refractivity (Wildman–Crippen MR) is 138 cm³/mol. The molecule has 2 saturated heterocycles. The smallest absolute Gasteiger partial charge is 0.149 e. The van der Waals surface area contributed by atoms with Crippen LogP contribution in [-0.2, 0) is 17.6 Å². The number of nitrogens with two attached hydrogens (primary N) is 1. The third-order valence-electron chi connectivity index (χ3n) is 7.46. The third-order valence-corrected chi connectivity index (χ3v) is 7.46. The van der Waals surface area contributed by atoms with Crippen LogP contribution in [0.1, 0.15) is 48.9 Å². The van der Waals surface area contributed by atoms with Crippen molar-refractivity contribution in [2.45, 2.75) is 51.0 Å². The lowest BCUT2D eigenvalue weighted by molar-refractivity contribution is 0.0852. The Hall–Kier alpha value is -2.97. The second-order valence-electron chi connectivity index (χ2n) is 10.4. The summed E-state index contributed by atoms with van der Waals surface area (Å²) in [6, 6.07) is 7.55. The number of pyridine rings is 2. The van der Waals surface area contributed by atoms with Gasteiger partial charge >= 0.3 is 0 Å². The van der Waals surface area contributed by atoms with Gasteiger partial charge in [0, 0.05) is 56.1 Å². The number of benzene rings is 1. The summed E-state index contributed by atoms with van der Waals surface area (Å²) >= 11 is 0. The van der Waals surface area contributed by atoms with Crippen LogP contribution in [0.5, 0.6) is 0 Å².